The monoisotopic (exact) mass is 346 g/mol. The number of hydrogen-bond acceptors (Lipinski definition) is 5. The molecular weight excluding hydrogens is 323 g/mol. The Morgan fingerprint density at radius 3 is 2.80 bits per heavy atom. The summed E-state index contributed by atoms with van der Waals surface area (Å²) in [5.41, 5.74) is 0.854. The van der Waals surface area contributed by atoms with Crippen LogP contribution < -0.4 is 0 Å². The Balaban J connectivity index is 1.40. The standard InChI is InChI=1S/C18H23FN4O2/c19-17-3-1-15(2-4-17)8-22-5-6-24-12-18(11-22)7-16(10-25-18)9-23-13-20-21-14-23/h1-4,13-14,16H,5-12H2/t16-,18-/m0/s1. The van der Waals surface area contributed by atoms with E-state index in [1.807, 2.05) is 16.7 Å². The maximum absolute atomic E-state index is 13.1. The van der Waals surface area contributed by atoms with E-state index in [0.29, 0.717) is 19.1 Å². The van der Waals surface area contributed by atoms with Crippen LogP contribution in [-0.4, -0.2) is 58.2 Å². The molecular formula is C18H23FN4O2. The van der Waals surface area contributed by atoms with Crippen molar-refractivity contribution in [2.24, 2.45) is 5.92 Å². The lowest BCUT2D eigenvalue weighted by Gasteiger charge is -2.31. The van der Waals surface area contributed by atoms with E-state index in [0.717, 1.165) is 44.8 Å². The molecule has 2 fully saturated rings. The predicted molar refractivity (Wildman–Crippen MR) is 89.3 cm³/mol. The summed E-state index contributed by atoms with van der Waals surface area (Å²) in [5.74, 6) is 0.237. The minimum absolute atomic E-state index is 0.199. The first-order valence-corrected chi connectivity index (χ1v) is 8.72. The number of aromatic nitrogens is 3. The van der Waals surface area contributed by atoms with E-state index in [4.69, 9.17) is 9.47 Å². The molecule has 2 aliphatic rings. The number of nitrogens with zero attached hydrogens (tertiary/aromatic N) is 4. The van der Waals surface area contributed by atoms with Crippen LogP contribution in [-0.2, 0) is 22.6 Å². The quantitative estimate of drug-likeness (QED) is 0.844. The smallest absolute Gasteiger partial charge is 0.123 e. The lowest BCUT2D eigenvalue weighted by atomic mass is 9.94. The van der Waals surface area contributed by atoms with Crippen molar-refractivity contribution in [1.29, 1.82) is 0 Å². The second-order valence-corrected chi connectivity index (χ2v) is 7.11. The minimum atomic E-state index is -0.255. The van der Waals surface area contributed by atoms with Crippen molar-refractivity contribution in [3.8, 4) is 0 Å². The molecule has 25 heavy (non-hydrogen) atoms. The Labute approximate surface area is 146 Å². The fourth-order valence-electron chi connectivity index (χ4n) is 3.85. The predicted octanol–water partition coefficient (Wildman–Crippen LogP) is 1.72. The van der Waals surface area contributed by atoms with Gasteiger partial charge in [0.25, 0.3) is 0 Å². The Hall–Kier alpha value is -1.83. The van der Waals surface area contributed by atoms with Crippen LogP contribution in [0.5, 0.6) is 0 Å². The Morgan fingerprint density at radius 2 is 2.00 bits per heavy atom. The summed E-state index contributed by atoms with van der Waals surface area (Å²) in [7, 11) is 0. The molecule has 1 aromatic heterocycles. The SMILES string of the molecule is Fc1ccc(CN2CCOC[C@]3(C[C@@H](Cn4cnnc4)CO3)C2)cc1. The van der Waals surface area contributed by atoms with Gasteiger partial charge in [0.05, 0.1) is 19.8 Å². The van der Waals surface area contributed by atoms with Crippen molar-refractivity contribution in [2.75, 3.05) is 32.9 Å². The molecule has 134 valence electrons. The second kappa shape index (κ2) is 7.19. The Kier molecular flexibility index (Phi) is 4.78. The van der Waals surface area contributed by atoms with Gasteiger partial charge in [-0.1, -0.05) is 12.1 Å². The van der Waals surface area contributed by atoms with Gasteiger partial charge >= 0.3 is 0 Å². The maximum atomic E-state index is 13.1. The lowest BCUT2D eigenvalue weighted by molar-refractivity contribution is -0.0563. The average molecular weight is 346 g/mol. The molecule has 4 rings (SSSR count). The molecule has 7 heteroatoms. The number of benzene rings is 1. The number of hydrogen-bond donors (Lipinski definition) is 0. The molecule has 6 nitrogen and oxygen atoms in total. The topological polar surface area (TPSA) is 52.4 Å². The van der Waals surface area contributed by atoms with Gasteiger partial charge in [-0.3, -0.25) is 4.90 Å². The lowest BCUT2D eigenvalue weighted by Crippen LogP contribution is -2.43. The molecule has 0 saturated carbocycles. The molecule has 2 saturated heterocycles. The van der Waals surface area contributed by atoms with Gasteiger partial charge in [-0.15, -0.1) is 10.2 Å². The minimum Gasteiger partial charge on any atom is -0.377 e. The van der Waals surface area contributed by atoms with Crippen molar-refractivity contribution in [1.82, 2.24) is 19.7 Å². The van der Waals surface area contributed by atoms with Crippen LogP contribution >= 0.6 is 0 Å². The molecule has 3 heterocycles. The zero-order chi connectivity index (χ0) is 17.1. The molecule has 0 aliphatic carbocycles. The summed E-state index contributed by atoms with van der Waals surface area (Å²) >= 11 is 0. The van der Waals surface area contributed by atoms with Crippen LogP contribution in [0.2, 0.25) is 0 Å². The molecule has 1 spiro atoms. The largest absolute Gasteiger partial charge is 0.377 e. The van der Waals surface area contributed by atoms with Gasteiger partial charge in [-0.05, 0) is 24.1 Å². The molecule has 0 N–H and O–H groups in total. The van der Waals surface area contributed by atoms with Gasteiger partial charge in [-0.25, -0.2) is 4.39 Å². The molecule has 2 aliphatic heterocycles. The highest BCUT2D eigenvalue weighted by atomic mass is 19.1. The van der Waals surface area contributed by atoms with Gasteiger partial charge < -0.3 is 14.0 Å². The second-order valence-electron chi connectivity index (χ2n) is 7.11. The van der Waals surface area contributed by atoms with Crippen LogP contribution in [0, 0.1) is 11.7 Å². The van der Waals surface area contributed by atoms with E-state index in [9.17, 15) is 4.39 Å². The van der Waals surface area contributed by atoms with Crippen LogP contribution in [0.15, 0.2) is 36.9 Å². The van der Waals surface area contributed by atoms with Crippen molar-refractivity contribution < 1.29 is 13.9 Å². The molecule has 2 atom stereocenters. The first-order valence-electron chi connectivity index (χ1n) is 8.72. The zero-order valence-corrected chi connectivity index (χ0v) is 14.2. The van der Waals surface area contributed by atoms with Crippen LogP contribution in [0.25, 0.3) is 0 Å². The fraction of sp³-hybridized carbons (Fsp3) is 0.556. The summed E-state index contributed by atoms with van der Waals surface area (Å²) in [4.78, 5) is 2.35. The van der Waals surface area contributed by atoms with Crippen LogP contribution in [0.3, 0.4) is 0 Å². The summed E-state index contributed by atoms with van der Waals surface area (Å²) in [6.07, 6.45) is 4.45. The normalized spacial score (nSPS) is 27.6. The van der Waals surface area contributed by atoms with Crippen molar-refractivity contribution >= 4 is 0 Å². The third-order valence-corrected chi connectivity index (χ3v) is 4.97. The Bertz CT molecular complexity index is 679. The number of ether oxygens (including phenoxy) is 2. The summed E-state index contributed by atoms with van der Waals surface area (Å²) < 4.78 is 27.2. The van der Waals surface area contributed by atoms with Gasteiger partial charge in [0.15, 0.2) is 0 Å². The van der Waals surface area contributed by atoms with Gasteiger partial charge in [0.2, 0.25) is 0 Å². The first-order chi connectivity index (χ1) is 12.2. The van der Waals surface area contributed by atoms with Gasteiger partial charge in [0.1, 0.15) is 24.1 Å². The first kappa shape index (κ1) is 16.6. The summed E-state index contributed by atoms with van der Waals surface area (Å²) in [6.45, 7) is 5.40. The highest BCUT2D eigenvalue weighted by Crippen LogP contribution is 2.34. The highest BCUT2D eigenvalue weighted by molar-refractivity contribution is 5.16. The van der Waals surface area contributed by atoms with Crippen LogP contribution in [0.4, 0.5) is 4.39 Å². The number of rotatable bonds is 4. The van der Waals surface area contributed by atoms with E-state index >= 15 is 0 Å². The van der Waals surface area contributed by atoms with Crippen molar-refractivity contribution in [3.05, 3.63) is 48.3 Å². The molecule has 0 bridgehead atoms. The molecule has 0 amide bonds. The Morgan fingerprint density at radius 1 is 1.20 bits per heavy atom. The zero-order valence-electron chi connectivity index (χ0n) is 14.2. The summed E-state index contributed by atoms with van der Waals surface area (Å²) in [5, 5.41) is 7.72. The third kappa shape index (κ3) is 4.05. The molecule has 2 aromatic rings. The van der Waals surface area contributed by atoms with E-state index in [-0.39, 0.29) is 11.4 Å². The third-order valence-electron chi connectivity index (χ3n) is 4.97. The summed E-state index contributed by atoms with van der Waals surface area (Å²) in [6, 6.07) is 6.72. The molecule has 0 radical (unpaired) electrons. The van der Waals surface area contributed by atoms with Crippen LogP contribution in [0.1, 0.15) is 12.0 Å². The molecule has 1 aromatic carbocycles. The highest BCUT2D eigenvalue weighted by Gasteiger charge is 2.43. The van der Waals surface area contributed by atoms with Gasteiger partial charge in [-0.2, -0.15) is 0 Å². The van der Waals surface area contributed by atoms with E-state index in [1.165, 1.54) is 12.1 Å². The van der Waals surface area contributed by atoms with Crippen molar-refractivity contribution in [2.45, 2.75) is 25.1 Å². The van der Waals surface area contributed by atoms with E-state index in [1.54, 1.807) is 12.7 Å². The van der Waals surface area contributed by atoms with Crippen molar-refractivity contribution in [3.63, 3.8) is 0 Å². The average Bonchev–Trinajstić information content (AvgIpc) is 3.20. The molecule has 0 unspecified atom stereocenters. The van der Waals surface area contributed by atoms with Gasteiger partial charge in [0, 0.05) is 32.1 Å². The van der Waals surface area contributed by atoms with E-state index in [2.05, 4.69) is 15.1 Å². The fourth-order valence-corrected chi connectivity index (χ4v) is 3.85. The maximum Gasteiger partial charge on any atom is 0.123 e. The number of halogens is 1. The van der Waals surface area contributed by atoms with E-state index < -0.39 is 0 Å².